The zero-order valence-corrected chi connectivity index (χ0v) is 16.5. The third-order valence-corrected chi connectivity index (χ3v) is 5.15. The molecule has 2 fully saturated rings. The van der Waals surface area contributed by atoms with Crippen molar-refractivity contribution in [2.75, 3.05) is 20.1 Å². The minimum Gasteiger partial charge on any atom is -0.366 e. The van der Waals surface area contributed by atoms with Crippen molar-refractivity contribution in [2.24, 2.45) is 22.6 Å². The van der Waals surface area contributed by atoms with E-state index in [4.69, 9.17) is 5.73 Å². The zero-order chi connectivity index (χ0) is 16.2. The summed E-state index contributed by atoms with van der Waals surface area (Å²) < 4.78 is 0. The zero-order valence-electron chi connectivity index (χ0n) is 14.2. The smallest absolute Gasteiger partial charge is 0.248 e. The predicted octanol–water partition coefficient (Wildman–Crippen LogP) is 2.60. The summed E-state index contributed by atoms with van der Waals surface area (Å²) in [6.45, 7) is 2.89. The number of nitrogens with two attached hydrogens (primary N) is 1. The normalized spacial score (nSPS) is 23.4. The molecule has 1 saturated carbocycles. The second-order valence-corrected chi connectivity index (χ2v) is 6.67. The molecule has 1 aromatic rings. The highest BCUT2D eigenvalue weighted by molar-refractivity contribution is 14.0. The van der Waals surface area contributed by atoms with E-state index in [1.54, 1.807) is 6.07 Å². The highest BCUT2D eigenvalue weighted by Gasteiger charge is 2.35. The topological polar surface area (TPSA) is 70.7 Å². The first-order chi connectivity index (χ1) is 11.2. The lowest BCUT2D eigenvalue weighted by Gasteiger charge is -2.22. The summed E-state index contributed by atoms with van der Waals surface area (Å²) in [6.07, 6.45) is 5.47. The molecule has 6 heteroatoms. The number of halogens is 1. The number of carbonyl (C=O) groups is 1. The number of fused-ring (bicyclic) bond motifs is 1. The number of nitrogens with one attached hydrogen (secondary N) is 1. The van der Waals surface area contributed by atoms with Crippen molar-refractivity contribution in [3.05, 3.63) is 35.4 Å². The Morgan fingerprint density at radius 3 is 2.54 bits per heavy atom. The third kappa shape index (κ3) is 4.40. The van der Waals surface area contributed by atoms with Crippen LogP contribution in [0.15, 0.2) is 29.3 Å². The molecule has 1 amide bonds. The number of rotatable bonds is 3. The number of guanidine groups is 1. The summed E-state index contributed by atoms with van der Waals surface area (Å²) in [6, 6.07) is 7.44. The Kier molecular flexibility index (Phi) is 6.89. The van der Waals surface area contributed by atoms with E-state index in [-0.39, 0.29) is 29.9 Å². The molecule has 3 N–H and O–H groups in total. The van der Waals surface area contributed by atoms with E-state index in [0.717, 1.165) is 36.4 Å². The molecule has 132 valence electrons. The summed E-state index contributed by atoms with van der Waals surface area (Å²) in [5.41, 5.74) is 6.93. The van der Waals surface area contributed by atoms with Crippen molar-refractivity contribution in [1.82, 2.24) is 10.2 Å². The highest BCUT2D eigenvalue weighted by atomic mass is 127. The Balaban J connectivity index is 0.00000208. The number of carbonyl (C=O) groups excluding carboxylic acids is 1. The van der Waals surface area contributed by atoms with Crippen molar-refractivity contribution in [2.45, 2.75) is 32.2 Å². The molecule has 1 aliphatic heterocycles. The van der Waals surface area contributed by atoms with E-state index >= 15 is 0 Å². The van der Waals surface area contributed by atoms with Gasteiger partial charge in [0.25, 0.3) is 0 Å². The van der Waals surface area contributed by atoms with Gasteiger partial charge in [-0.25, -0.2) is 0 Å². The van der Waals surface area contributed by atoms with Gasteiger partial charge in [-0.3, -0.25) is 9.79 Å². The Hall–Kier alpha value is -1.31. The van der Waals surface area contributed by atoms with E-state index in [1.807, 2.05) is 25.2 Å². The quantitative estimate of drug-likeness (QED) is 0.430. The molecule has 2 unspecified atom stereocenters. The predicted molar refractivity (Wildman–Crippen MR) is 108 cm³/mol. The van der Waals surface area contributed by atoms with E-state index in [9.17, 15) is 4.79 Å². The molecular weight excluding hydrogens is 415 g/mol. The van der Waals surface area contributed by atoms with Crippen molar-refractivity contribution in [3.63, 3.8) is 0 Å². The van der Waals surface area contributed by atoms with Crippen molar-refractivity contribution in [3.8, 4) is 0 Å². The van der Waals surface area contributed by atoms with Crippen LogP contribution in [0, 0.1) is 11.8 Å². The van der Waals surface area contributed by atoms with E-state index in [1.165, 1.54) is 25.7 Å². The van der Waals surface area contributed by atoms with Gasteiger partial charge in [0.05, 0.1) is 0 Å². The van der Waals surface area contributed by atoms with Gasteiger partial charge in [-0.1, -0.05) is 25.0 Å². The third-order valence-electron chi connectivity index (χ3n) is 5.15. The molecule has 1 heterocycles. The van der Waals surface area contributed by atoms with Gasteiger partial charge >= 0.3 is 0 Å². The van der Waals surface area contributed by atoms with Gasteiger partial charge in [-0.2, -0.15) is 0 Å². The minimum atomic E-state index is -0.389. The van der Waals surface area contributed by atoms with Gasteiger partial charge in [0.2, 0.25) is 5.91 Å². The van der Waals surface area contributed by atoms with Crippen LogP contribution < -0.4 is 11.1 Å². The van der Waals surface area contributed by atoms with Gasteiger partial charge in [0.1, 0.15) is 0 Å². The Morgan fingerprint density at radius 2 is 1.96 bits per heavy atom. The number of amides is 1. The lowest BCUT2D eigenvalue weighted by atomic mass is 9.82. The number of hydrogen-bond acceptors (Lipinski definition) is 2. The lowest BCUT2D eigenvalue weighted by molar-refractivity contribution is 0.1000. The van der Waals surface area contributed by atoms with Gasteiger partial charge in [0.15, 0.2) is 5.96 Å². The lowest BCUT2D eigenvalue weighted by Crippen LogP contribution is -2.39. The molecule has 0 bridgehead atoms. The van der Waals surface area contributed by atoms with Crippen LogP contribution in [-0.4, -0.2) is 36.9 Å². The Labute approximate surface area is 161 Å². The molecule has 5 nitrogen and oxygen atoms in total. The summed E-state index contributed by atoms with van der Waals surface area (Å²) in [5.74, 6) is 2.24. The number of benzene rings is 1. The molecule has 1 aromatic carbocycles. The van der Waals surface area contributed by atoms with Gasteiger partial charge in [-0.15, -0.1) is 24.0 Å². The number of aliphatic imine (C=N–C) groups is 1. The standard InChI is InChI=1S/C18H26N4O.HI/c1-20-18(22-11-15-6-2-3-7-16(15)12-22)21-10-13-5-4-8-14(9-13)17(19)23;/h4-5,8-9,15-16H,2-3,6-7,10-12H2,1H3,(H2,19,23)(H,20,21);1H. The Bertz CT molecular complexity index is 590. The second kappa shape index (κ2) is 8.69. The molecule has 24 heavy (non-hydrogen) atoms. The summed E-state index contributed by atoms with van der Waals surface area (Å²) in [5, 5.41) is 3.43. The van der Waals surface area contributed by atoms with Gasteiger partial charge in [0, 0.05) is 32.2 Å². The maximum atomic E-state index is 11.3. The van der Waals surface area contributed by atoms with Crippen molar-refractivity contribution >= 4 is 35.8 Å². The van der Waals surface area contributed by atoms with Crippen molar-refractivity contribution in [1.29, 1.82) is 0 Å². The summed E-state index contributed by atoms with van der Waals surface area (Å²) in [7, 11) is 1.84. The average molecular weight is 442 g/mol. The number of primary amides is 1. The minimum absolute atomic E-state index is 0. The van der Waals surface area contributed by atoms with E-state index < -0.39 is 0 Å². The van der Waals surface area contributed by atoms with Crippen LogP contribution in [0.5, 0.6) is 0 Å². The molecule has 1 aliphatic carbocycles. The first-order valence-electron chi connectivity index (χ1n) is 8.51. The second-order valence-electron chi connectivity index (χ2n) is 6.67. The maximum Gasteiger partial charge on any atom is 0.248 e. The largest absolute Gasteiger partial charge is 0.366 e. The SMILES string of the molecule is CN=C(NCc1cccc(C(N)=O)c1)N1CC2CCCCC2C1.I. The van der Waals surface area contributed by atoms with Crippen LogP contribution in [0.25, 0.3) is 0 Å². The maximum absolute atomic E-state index is 11.3. The average Bonchev–Trinajstić information content (AvgIpc) is 2.99. The van der Waals surface area contributed by atoms with Crippen LogP contribution in [0.3, 0.4) is 0 Å². The summed E-state index contributed by atoms with van der Waals surface area (Å²) >= 11 is 0. The van der Waals surface area contributed by atoms with Gasteiger partial charge < -0.3 is 16.0 Å². The first kappa shape index (κ1) is 19.0. The fourth-order valence-corrected chi connectivity index (χ4v) is 3.93. The molecular formula is C18H27IN4O. The molecule has 2 atom stereocenters. The number of likely N-dealkylation sites (tertiary alicyclic amines) is 1. The van der Waals surface area contributed by atoms with Crippen LogP contribution in [-0.2, 0) is 6.54 Å². The fraction of sp³-hybridized carbons (Fsp3) is 0.556. The van der Waals surface area contributed by atoms with Gasteiger partial charge in [-0.05, 0) is 42.4 Å². The van der Waals surface area contributed by atoms with Crippen LogP contribution >= 0.6 is 24.0 Å². The number of nitrogens with zero attached hydrogens (tertiary/aromatic N) is 2. The Morgan fingerprint density at radius 1 is 1.29 bits per heavy atom. The molecule has 2 aliphatic rings. The molecule has 0 aromatic heterocycles. The summed E-state index contributed by atoms with van der Waals surface area (Å²) in [4.78, 5) is 18.1. The molecule has 0 spiro atoms. The monoisotopic (exact) mass is 442 g/mol. The number of hydrogen-bond donors (Lipinski definition) is 2. The van der Waals surface area contributed by atoms with Crippen LogP contribution in [0.1, 0.15) is 41.6 Å². The molecule has 0 radical (unpaired) electrons. The highest BCUT2D eigenvalue weighted by Crippen LogP contribution is 2.35. The van der Waals surface area contributed by atoms with E-state index in [0.29, 0.717) is 12.1 Å². The van der Waals surface area contributed by atoms with E-state index in [2.05, 4.69) is 15.2 Å². The fourth-order valence-electron chi connectivity index (χ4n) is 3.93. The van der Waals surface area contributed by atoms with Crippen molar-refractivity contribution < 1.29 is 4.79 Å². The molecule has 3 rings (SSSR count). The molecule has 1 saturated heterocycles. The van der Waals surface area contributed by atoms with Crippen LogP contribution in [0.4, 0.5) is 0 Å². The van der Waals surface area contributed by atoms with Crippen LogP contribution in [0.2, 0.25) is 0 Å². The first-order valence-corrected chi connectivity index (χ1v) is 8.51.